The van der Waals surface area contributed by atoms with Gasteiger partial charge in [-0.15, -0.1) is 0 Å². The molecule has 0 amide bonds. The second kappa shape index (κ2) is 11.4. The number of ether oxygens (including phenoxy) is 2. The number of aromatic nitrogens is 2. The zero-order valence-corrected chi connectivity index (χ0v) is 22.0. The highest BCUT2D eigenvalue weighted by Gasteiger charge is 2.57. The van der Waals surface area contributed by atoms with E-state index in [0.29, 0.717) is 0 Å². The van der Waals surface area contributed by atoms with Gasteiger partial charge in [0.25, 0.3) is 5.56 Å². The molecule has 3 N–H and O–H groups in total. The summed E-state index contributed by atoms with van der Waals surface area (Å²) in [6.07, 6.45) is -4.46. The van der Waals surface area contributed by atoms with E-state index in [0.717, 1.165) is 16.8 Å². The Morgan fingerprint density at radius 3 is 2.58 bits per heavy atom. The van der Waals surface area contributed by atoms with E-state index < -0.39 is 66.7 Å². The largest absolute Gasteiger partial charge is 0.462 e. The van der Waals surface area contributed by atoms with Crippen molar-refractivity contribution in [3.63, 3.8) is 0 Å². The van der Waals surface area contributed by atoms with E-state index in [9.17, 15) is 24.1 Å². The van der Waals surface area contributed by atoms with Crippen LogP contribution in [0.4, 0.5) is 4.39 Å². The minimum Gasteiger partial charge on any atom is -0.462 e. The van der Waals surface area contributed by atoms with E-state index in [2.05, 4.69) is 21.0 Å². The van der Waals surface area contributed by atoms with E-state index in [4.69, 9.17) is 18.5 Å². The molecule has 198 valence electrons. The number of aliphatic hydroxyl groups is 1. The van der Waals surface area contributed by atoms with Crippen molar-refractivity contribution in [3.8, 4) is 5.75 Å². The fourth-order valence-electron chi connectivity index (χ4n) is 3.22. The first kappa shape index (κ1) is 28.2. The number of rotatable bonds is 10. The molecule has 36 heavy (non-hydrogen) atoms. The molecule has 0 spiro atoms. The number of carbonyl (C=O) groups excluding carboxylic acids is 1. The number of nitrogens with one attached hydrogen (secondary N) is 2. The first-order chi connectivity index (χ1) is 16.8. The quantitative estimate of drug-likeness (QED) is 0.211. The van der Waals surface area contributed by atoms with Crippen molar-refractivity contribution < 1.29 is 37.4 Å². The summed E-state index contributed by atoms with van der Waals surface area (Å²) in [5.41, 5.74) is -1.68. The number of carbonyl (C=O) groups is 1. The Bertz CT molecular complexity index is 1220. The summed E-state index contributed by atoms with van der Waals surface area (Å²) >= 11 is 2.73. The smallest absolute Gasteiger partial charge is 0.459 e. The summed E-state index contributed by atoms with van der Waals surface area (Å²) in [6.45, 7) is 4.01. The van der Waals surface area contributed by atoms with Crippen molar-refractivity contribution in [2.24, 2.45) is 0 Å². The molecular weight excluding hydrogens is 568 g/mol. The highest BCUT2D eigenvalue weighted by atomic mass is 79.9. The lowest BCUT2D eigenvalue weighted by Gasteiger charge is -2.25. The topological polar surface area (TPSA) is 158 Å². The van der Waals surface area contributed by atoms with E-state index >= 15 is 4.39 Å². The third-order valence-corrected chi connectivity index (χ3v) is 7.42. The number of H-pyrrole nitrogens is 1. The summed E-state index contributed by atoms with van der Waals surface area (Å²) in [5.74, 6) is -0.577. The molecule has 0 saturated carbocycles. The van der Waals surface area contributed by atoms with Gasteiger partial charge in [0.15, 0.2) is 6.23 Å². The van der Waals surface area contributed by atoms with Gasteiger partial charge in [0.2, 0.25) is 4.58 Å². The van der Waals surface area contributed by atoms with Gasteiger partial charge in [-0.2, -0.15) is 5.09 Å². The molecule has 2 heterocycles. The number of halogens is 2. The summed E-state index contributed by atoms with van der Waals surface area (Å²) in [4.78, 5) is 37.7. The van der Waals surface area contributed by atoms with Crippen LogP contribution in [0.25, 0.3) is 0 Å². The zero-order chi connectivity index (χ0) is 26.7. The summed E-state index contributed by atoms with van der Waals surface area (Å²) < 4.78 is 48.5. The fourth-order valence-corrected chi connectivity index (χ4v) is 5.35. The number of aromatic amines is 1. The highest BCUT2D eigenvalue weighted by Crippen LogP contribution is 2.49. The highest BCUT2D eigenvalue weighted by molar-refractivity contribution is 9.10. The van der Waals surface area contributed by atoms with Crippen LogP contribution >= 0.6 is 23.7 Å². The number of benzene rings is 1. The lowest BCUT2D eigenvalue weighted by Crippen LogP contribution is -2.41. The molecule has 1 aliphatic rings. The molecule has 1 aliphatic heterocycles. The number of alkyl halides is 2. The molecule has 0 aliphatic carbocycles. The Hall–Kier alpha value is -2.35. The van der Waals surface area contributed by atoms with Gasteiger partial charge >= 0.3 is 19.4 Å². The van der Waals surface area contributed by atoms with Crippen LogP contribution in [0.15, 0.2) is 52.2 Å². The molecule has 6 atom stereocenters. The lowest BCUT2D eigenvalue weighted by atomic mass is 10.1. The molecule has 1 fully saturated rings. The standard InChI is InChI=1S/C21H26BrFN3O9P/c1-12(2)33-18(29)13(3)25-36(31,35-14-7-5-4-6-8-14)32-11-15-17(28)21(22,23)19(34-15)26-10-9-16(27)24-20(26)30/h4-10,12-13,15,17,19,28H,11H2,1-3H3,(H,25,31)(H,24,27,30)/t13-,15+,17+,19+,21-,36-/m0/s1. The number of para-hydroxylation sites is 1. The third-order valence-electron chi connectivity index (χ3n) is 4.92. The first-order valence-corrected chi connectivity index (χ1v) is 13.2. The number of aliphatic hydroxyl groups excluding tert-OH is 1. The minimum absolute atomic E-state index is 0.142. The molecule has 0 bridgehead atoms. The maximum atomic E-state index is 15.3. The number of nitrogens with zero attached hydrogens (tertiary/aromatic N) is 1. The van der Waals surface area contributed by atoms with Gasteiger partial charge in [-0.3, -0.25) is 23.7 Å². The molecule has 0 unspecified atom stereocenters. The van der Waals surface area contributed by atoms with E-state index in [-0.39, 0.29) is 5.75 Å². The Morgan fingerprint density at radius 1 is 1.31 bits per heavy atom. The van der Waals surface area contributed by atoms with Gasteiger partial charge in [-0.1, -0.05) is 18.2 Å². The monoisotopic (exact) mass is 593 g/mol. The van der Waals surface area contributed by atoms with Crippen LogP contribution in [-0.4, -0.2) is 56.2 Å². The Labute approximate surface area is 213 Å². The average molecular weight is 594 g/mol. The van der Waals surface area contributed by atoms with Gasteiger partial charge in [-0.25, -0.2) is 13.8 Å². The molecular formula is C21H26BrFN3O9P. The molecule has 1 aromatic carbocycles. The summed E-state index contributed by atoms with van der Waals surface area (Å²) in [6, 6.07) is 7.79. The van der Waals surface area contributed by atoms with Crippen LogP contribution in [0, 0.1) is 0 Å². The molecule has 1 aromatic heterocycles. The van der Waals surface area contributed by atoms with Crippen LogP contribution in [0.1, 0.15) is 27.0 Å². The number of hydrogen-bond donors (Lipinski definition) is 3. The Kier molecular flexibility index (Phi) is 8.91. The predicted molar refractivity (Wildman–Crippen MR) is 128 cm³/mol. The predicted octanol–water partition coefficient (Wildman–Crippen LogP) is 1.99. The van der Waals surface area contributed by atoms with Crippen molar-refractivity contribution in [3.05, 3.63) is 63.4 Å². The second-order valence-electron chi connectivity index (χ2n) is 8.20. The van der Waals surface area contributed by atoms with Gasteiger partial charge in [0.1, 0.15) is 24.0 Å². The lowest BCUT2D eigenvalue weighted by molar-refractivity contribution is -0.149. The molecule has 15 heteroatoms. The third kappa shape index (κ3) is 6.69. The second-order valence-corrected chi connectivity index (χ2v) is 11.1. The van der Waals surface area contributed by atoms with Gasteiger partial charge in [-0.05, 0) is 48.8 Å². The minimum atomic E-state index is -4.32. The first-order valence-electron chi connectivity index (χ1n) is 10.8. The maximum absolute atomic E-state index is 15.3. The molecule has 12 nitrogen and oxygen atoms in total. The van der Waals surface area contributed by atoms with E-state index in [1.54, 1.807) is 32.0 Å². The van der Waals surface area contributed by atoms with Crippen LogP contribution in [0.3, 0.4) is 0 Å². The van der Waals surface area contributed by atoms with Crippen molar-refractivity contribution in [1.29, 1.82) is 0 Å². The zero-order valence-electron chi connectivity index (χ0n) is 19.5. The van der Waals surface area contributed by atoms with Crippen LogP contribution in [0.2, 0.25) is 0 Å². The summed E-state index contributed by atoms with van der Waals surface area (Å²) in [5, 5.41) is 13.0. The van der Waals surface area contributed by atoms with Crippen LogP contribution < -0.4 is 20.9 Å². The van der Waals surface area contributed by atoms with Crippen molar-refractivity contribution in [2.45, 2.75) is 55.9 Å². The number of esters is 1. The van der Waals surface area contributed by atoms with Crippen molar-refractivity contribution >= 4 is 29.6 Å². The van der Waals surface area contributed by atoms with E-state index in [1.807, 2.05) is 4.98 Å². The van der Waals surface area contributed by atoms with Gasteiger partial charge in [0, 0.05) is 12.3 Å². The Balaban J connectivity index is 1.80. The fraction of sp³-hybridized carbons (Fsp3) is 0.476. The Morgan fingerprint density at radius 2 is 1.97 bits per heavy atom. The maximum Gasteiger partial charge on any atom is 0.459 e. The molecule has 2 aromatic rings. The van der Waals surface area contributed by atoms with E-state index in [1.165, 1.54) is 19.1 Å². The summed E-state index contributed by atoms with van der Waals surface area (Å²) in [7, 11) is -4.32. The van der Waals surface area contributed by atoms with Crippen LogP contribution in [0.5, 0.6) is 5.75 Å². The number of hydrogen-bond acceptors (Lipinski definition) is 9. The van der Waals surface area contributed by atoms with Gasteiger partial charge in [0.05, 0.1) is 12.7 Å². The average Bonchev–Trinajstić information content (AvgIpc) is 3.01. The van der Waals surface area contributed by atoms with Gasteiger partial charge < -0.3 is 19.1 Å². The normalized spacial score (nSPS) is 26.4. The molecule has 3 rings (SSSR count). The van der Waals surface area contributed by atoms with Crippen molar-refractivity contribution in [1.82, 2.24) is 14.6 Å². The SMILES string of the molecule is CC(C)OC(=O)[C@H](C)N[P@](=O)(OC[C@H]1O[C@@H](n2ccc(=O)[nH]c2=O)[C@](F)(Br)[C@@H]1O)Oc1ccccc1. The van der Waals surface area contributed by atoms with Crippen molar-refractivity contribution in [2.75, 3.05) is 6.61 Å². The molecule has 1 saturated heterocycles. The molecule has 0 radical (unpaired) electrons. The van der Waals surface area contributed by atoms with Crippen LogP contribution in [-0.2, 0) is 23.4 Å².